The number of amidine groups is 1. The van der Waals surface area contributed by atoms with Crippen LogP contribution in [0.25, 0.3) is 0 Å². The third-order valence-corrected chi connectivity index (χ3v) is 9.22. The molecule has 0 unspecified atom stereocenters. The van der Waals surface area contributed by atoms with Gasteiger partial charge in [0.05, 0.1) is 17.5 Å². The lowest BCUT2D eigenvalue weighted by Gasteiger charge is -2.25. The Labute approximate surface area is 176 Å². The summed E-state index contributed by atoms with van der Waals surface area (Å²) in [5, 5.41) is 0.429. The number of sulfone groups is 1. The number of carbonyl (C=O) groups is 2. The van der Waals surface area contributed by atoms with Gasteiger partial charge in [0.25, 0.3) is 0 Å². The predicted octanol–water partition coefficient (Wildman–Crippen LogP) is 3.46. The summed E-state index contributed by atoms with van der Waals surface area (Å²) in [7, 11) is -3.12. The van der Waals surface area contributed by atoms with Gasteiger partial charge in [-0.15, -0.1) is 0 Å². The van der Waals surface area contributed by atoms with Crippen LogP contribution in [0, 0.1) is 5.92 Å². The van der Waals surface area contributed by atoms with E-state index in [0.717, 1.165) is 18.5 Å². The number of benzene rings is 1. The summed E-state index contributed by atoms with van der Waals surface area (Å²) in [6, 6.07) is 6.88. The number of carbonyl (C=O) groups excluding carboxylic acids is 2. The maximum absolute atomic E-state index is 12.7. The smallest absolute Gasteiger partial charge is 0.248 e. The van der Waals surface area contributed by atoms with Gasteiger partial charge in [0.15, 0.2) is 20.8 Å². The Morgan fingerprint density at radius 2 is 1.93 bits per heavy atom. The molecule has 1 aromatic carbocycles. The molecule has 1 saturated carbocycles. The Hall–Kier alpha value is -1.67. The van der Waals surface area contributed by atoms with E-state index in [1.165, 1.54) is 37.9 Å². The summed E-state index contributed by atoms with van der Waals surface area (Å²) in [5.74, 6) is 0.365. The minimum Gasteiger partial charge on any atom is -0.316 e. The molecule has 2 saturated heterocycles. The second-order valence-corrected chi connectivity index (χ2v) is 11.6. The quantitative estimate of drug-likeness (QED) is 0.675. The predicted molar refractivity (Wildman–Crippen MR) is 116 cm³/mol. The van der Waals surface area contributed by atoms with E-state index in [0.29, 0.717) is 23.1 Å². The zero-order valence-electron chi connectivity index (χ0n) is 16.5. The Kier molecular flexibility index (Phi) is 5.84. The van der Waals surface area contributed by atoms with E-state index in [9.17, 15) is 18.0 Å². The van der Waals surface area contributed by atoms with Crippen molar-refractivity contribution < 1.29 is 18.0 Å². The van der Waals surface area contributed by atoms with Gasteiger partial charge in [-0.1, -0.05) is 43.2 Å². The number of amides is 1. The van der Waals surface area contributed by atoms with Crippen LogP contribution in [0.5, 0.6) is 0 Å². The molecule has 3 fully saturated rings. The van der Waals surface area contributed by atoms with Crippen molar-refractivity contribution >= 4 is 44.1 Å². The zero-order valence-corrected chi connectivity index (χ0v) is 18.2. The summed E-state index contributed by atoms with van der Waals surface area (Å²) in [6.45, 7) is 1.50. The first-order valence-electron chi connectivity index (χ1n) is 10.2. The fourth-order valence-corrected chi connectivity index (χ4v) is 8.46. The standard InChI is InChI=1S/C21H26N2O4S2/c1-14(24)16-8-5-9-17(11-16)23-18-12-29(26,27)13-19(18)28-21(23)22-20(25)10-15-6-3-2-4-7-15/h5,8-9,11,15,18-19H,2-4,6-7,10,12-13H2,1H3/t18-,19+/m0/s1. The van der Waals surface area contributed by atoms with Crippen molar-refractivity contribution in [1.29, 1.82) is 0 Å². The van der Waals surface area contributed by atoms with Gasteiger partial charge in [0, 0.05) is 22.9 Å². The van der Waals surface area contributed by atoms with Crippen LogP contribution < -0.4 is 4.90 Å². The Balaban J connectivity index is 1.62. The molecule has 156 valence electrons. The van der Waals surface area contributed by atoms with E-state index in [4.69, 9.17) is 0 Å². The lowest BCUT2D eigenvalue weighted by molar-refractivity contribution is -0.118. The van der Waals surface area contributed by atoms with Crippen LogP contribution in [0.2, 0.25) is 0 Å². The van der Waals surface area contributed by atoms with Gasteiger partial charge in [-0.2, -0.15) is 4.99 Å². The molecule has 8 heteroatoms. The van der Waals surface area contributed by atoms with Crippen molar-refractivity contribution in [2.75, 3.05) is 16.4 Å². The van der Waals surface area contributed by atoms with Gasteiger partial charge >= 0.3 is 0 Å². The molecule has 6 nitrogen and oxygen atoms in total. The van der Waals surface area contributed by atoms with Crippen molar-refractivity contribution in [3.05, 3.63) is 29.8 Å². The number of aliphatic imine (C=N–C) groups is 1. The number of fused-ring (bicyclic) bond motifs is 1. The lowest BCUT2D eigenvalue weighted by Crippen LogP contribution is -2.37. The van der Waals surface area contributed by atoms with E-state index >= 15 is 0 Å². The van der Waals surface area contributed by atoms with Crippen LogP contribution in [0.4, 0.5) is 5.69 Å². The maximum atomic E-state index is 12.7. The molecule has 2 aliphatic heterocycles. The Morgan fingerprint density at radius 3 is 2.66 bits per heavy atom. The molecule has 0 spiro atoms. The fraction of sp³-hybridized carbons (Fsp3) is 0.571. The monoisotopic (exact) mass is 434 g/mol. The normalized spacial score (nSPS) is 27.9. The number of nitrogens with zero attached hydrogens (tertiary/aromatic N) is 2. The van der Waals surface area contributed by atoms with Crippen molar-refractivity contribution in [2.45, 2.75) is 56.7 Å². The molecule has 1 aliphatic carbocycles. The summed E-state index contributed by atoms with van der Waals surface area (Å²) in [5.41, 5.74) is 1.28. The van der Waals surface area contributed by atoms with E-state index in [1.807, 2.05) is 11.0 Å². The van der Waals surface area contributed by atoms with Crippen LogP contribution in [-0.4, -0.2) is 48.1 Å². The summed E-state index contributed by atoms with van der Waals surface area (Å²) < 4.78 is 24.4. The molecule has 1 aromatic rings. The largest absolute Gasteiger partial charge is 0.316 e. The third kappa shape index (κ3) is 4.58. The van der Waals surface area contributed by atoms with Gasteiger partial charge in [0.1, 0.15) is 0 Å². The third-order valence-electron chi connectivity index (χ3n) is 6.01. The molecule has 4 rings (SSSR count). The van der Waals surface area contributed by atoms with Crippen molar-refractivity contribution in [1.82, 2.24) is 0 Å². The molecule has 0 radical (unpaired) electrons. The van der Waals surface area contributed by atoms with Gasteiger partial charge in [0.2, 0.25) is 5.91 Å². The minimum absolute atomic E-state index is 0.0464. The number of hydrogen-bond acceptors (Lipinski definition) is 5. The van der Waals surface area contributed by atoms with Crippen LogP contribution in [0.3, 0.4) is 0 Å². The summed E-state index contributed by atoms with van der Waals surface area (Å²) in [4.78, 5) is 30.8. The molecule has 2 atom stereocenters. The van der Waals surface area contributed by atoms with Crippen LogP contribution in [0.1, 0.15) is 55.8 Å². The molecule has 3 aliphatic rings. The second-order valence-electron chi connectivity index (χ2n) is 8.27. The molecule has 0 aromatic heterocycles. The minimum atomic E-state index is -3.12. The zero-order chi connectivity index (χ0) is 20.6. The van der Waals surface area contributed by atoms with Crippen LogP contribution in [-0.2, 0) is 14.6 Å². The van der Waals surface area contributed by atoms with Gasteiger partial charge in [-0.05, 0) is 37.8 Å². The number of ketones is 1. The topological polar surface area (TPSA) is 83.9 Å². The number of hydrogen-bond donors (Lipinski definition) is 0. The van der Waals surface area contributed by atoms with Gasteiger partial charge in [-0.25, -0.2) is 8.42 Å². The van der Waals surface area contributed by atoms with E-state index in [2.05, 4.69) is 4.99 Å². The average Bonchev–Trinajstić information content (AvgIpc) is 3.13. The highest BCUT2D eigenvalue weighted by Crippen LogP contribution is 2.41. The number of thioether (sulfide) groups is 1. The fourth-order valence-electron chi connectivity index (χ4n) is 4.53. The highest BCUT2D eigenvalue weighted by molar-refractivity contribution is 8.16. The van der Waals surface area contributed by atoms with E-state index < -0.39 is 9.84 Å². The van der Waals surface area contributed by atoms with E-state index in [1.54, 1.807) is 18.2 Å². The molecular formula is C21H26N2O4S2. The molecule has 1 amide bonds. The first-order chi connectivity index (χ1) is 13.8. The molecule has 0 N–H and O–H groups in total. The van der Waals surface area contributed by atoms with Crippen molar-refractivity contribution in [2.24, 2.45) is 10.9 Å². The first kappa shape index (κ1) is 20.6. The molecular weight excluding hydrogens is 408 g/mol. The number of anilines is 1. The second kappa shape index (κ2) is 8.22. The molecule has 2 heterocycles. The Morgan fingerprint density at radius 1 is 1.17 bits per heavy atom. The number of rotatable bonds is 4. The lowest BCUT2D eigenvalue weighted by atomic mass is 9.87. The molecule has 0 bridgehead atoms. The highest BCUT2D eigenvalue weighted by Gasteiger charge is 2.49. The van der Waals surface area contributed by atoms with Gasteiger partial charge in [-0.3, -0.25) is 9.59 Å². The van der Waals surface area contributed by atoms with Gasteiger partial charge < -0.3 is 4.90 Å². The average molecular weight is 435 g/mol. The SMILES string of the molecule is CC(=O)c1cccc(N2C(=NC(=O)CC3CCCCC3)S[C@@H]3CS(=O)(=O)C[C@@H]32)c1. The van der Waals surface area contributed by atoms with Crippen molar-refractivity contribution in [3.8, 4) is 0 Å². The maximum Gasteiger partial charge on any atom is 0.248 e. The van der Waals surface area contributed by atoms with Crippen LogP contribution >= 0.6 is 11.8 Å². The molecule has 29 heavy (non-hydrogen) atoms. The van der Waals surface area contributed by atoms with Crippen LogP contribution in [0.15, 0.2) is 29.3 Å². The summed E-state index contributed by atoms with van der Waals surface area (Å²) in [6.07, 6.45) is 6.21. The van der Waals surface area contributed by atoms with E-state index in [-0.39, 0.29) is 34.5 Å². The highest BCUT2D eigenvalue weighted by atomic mass is 32.2. The first-order valence-corrected chi connectivity index (χ1v) is 12.9. The number of Topliss-reactive ketones (excluding diaryl/α,β-unsaturated/α-hetero) is 1. The Bertz CT molecular complexity index is 951. The summed E-state index contributed by atoms with van der Waals surface area (Å²) >= 11 is 1.38. The van der Waals surface area contributed by atoms with Crippen molar-refractivity contribution in [3.63, 3.8) is 0 Å².